The number of rotatable bonds is 4. The van der Waals surface area contributed by atoms with E-state index in [2.05, 4.69) is 21.2 Å². The van der Waals surface area contributed by atoms with E-state index in [0.29, 0.717) is 0 Å². The van der Waals surface area contributed by atoms with Crippen molar-refractivity contribution in [2.75, 3.05) is 13.2 Å². The summed E-state index contributed by atoms with van der Waals surface area (Å²) in [6.07, 6.45) is 0. The number of carbonyl (C=O) groups is 1. The van der Waals surface area contributed by atoms with Crippen molar-refractivity contribution < 1.29 is 14.8 Å². The fourth-order valence-corrected chi connectivity index (χ4v) is 1.69. The number of aliphatic hydroxyl groups is 1. The lowest BCUT2D eigenvalue weighted by Crippen LogP contribution is -2.26. The van der Waals surface area contributed by atoms with Crippen LogP contribution in [0.15, 0.2) is 22.7 Å². The van der Waals surface area contributed by atoms with Gasteiger partial charge in [0.2, 0.25) is 0 Å². The van der Waals surface area contributed by atoms with E-state index in [-0.39, 0.29) is 28.9 Å². The Morgan fingerprint density at radius 3 is 2.81 bits per heavy atom. The molecule has 1 rings (SSSR count). The molecule has 0 radical (unpaired) electrons. The number of nitrogens with zero attached hydrogens (tertiary/aromatic N) is 1. The van der Waals surface area contributed by atoms with Crippen molar-refractivity contribution in [3.8, 4) is 0 Å². The summed E-state index contributed by atoms with van der Waals surface area (Å²) in [7, 11) is 0. The molecule has 0 aliphatic heterocycles. The van der Waals surface area contributed by atoms with Crippen LogP contribution < -0.4 is 5.32 Å². The molecule has 1 aromatic rings. The standard InChI is InChI=1S/C9H9BrN2O4/c10-8-6(9(14)11-4-5-13)2-1-3-7(8)12(15)16/h1-3,13H,4-5H2,(H,11,14). The van der Waals surface area contributed by atoms with Crippen LogP contribution in [0.4, 0.5) is 5.69 Å². The molecule has 0 unspecified atom stereocenters. The third-order valence-corrected chi connectivity index (χ3v) is 2.65. The van der Waals surface area contributed by atoms with Crippen LogP contribution in [0, 0.1) is 10.1 Å². The minimum atomic E-state index is -0.576. The molecule has 0 heterocycles. The fourth-order valence-electron chi connectivity index (χ4n) is 1.10. The normalized spacial score (nSPS) is 9.88. The largest absolute Gasteiger partial charge is 0.395 e. The Kier molecular flexibility index (Phi) is 4.39. The van der Waals surface area contributed by atoms with Crippen LogP contribution in [0.1, 0.15) is 10.4 Å². The number of hydrogen-bond acceptors (Lipinski definition) is 4. The molecular weight excluding hydrogens is 280 g/mol. The van der Waals surface area contributed by atoms with Gasteiger partial charge in [0.15, 0.2) is 0 Å². The van der Waals surface area contributed by atoms with Crippen molar-refractivity contribution >= 4 is 27.5 Å². The van der Waals surface area contributed by atoms with Crippen LogP contribution in [0.3, 0.4) is 0 Å². The average molecular weight is 289 g/mol. The Bertz CT molecular complexity index is 422. The Labute approximate surface area is 99.6 Å². The number of aliphatic hydroxyl groups excluding tert-OH is 1. The van der Waals surface area contributed by atoms with Gasteiger partial charge in [-0.3, -0.25) is 14.9 Å². The van der Waals surface area contributed by atoms with Gasteiger partial charge in [0.05, 0.1) is 17.1 Å². The number of halogens is 1. The van der Waals surface area contributed by atoms with Gasteiger partial charge in [-0.2, -0.15) is 0 Å². The van der Waals surface area contributed by atoms with E-state index in [1.54, 1.807) is 0 Å². The van der Waals surface area contributed by atoms with Gasteiger partial charge in [-0.15, -0.1) is 0 Å². The SMILES string of the molecule is O=C(NCCO)c1cccc([N+](=O)[O-])c1Br. The maximum atomic E-state index is 11.5. The Morgan fingerprint density at radius 1 is 1.56 bits per heavy atom. The van der Waals surface area contributed by atoms with Crippen LogP contribution in [0.25, 0.3) is 0 Å². The minimum Gasteiger partial charge on any atom is -0.395 e. The summed E-state index contributed by atoms with van der Waals surface area (Å²) in [6.45, 7) is -0.0771. The van der Waals surface area contributed by atoms with E-state index < -0.39 is 10.8 Å². The summed E-state index contributed by atoms with van der Waals surface area (Å²) in [5.74, 6) is -0.468. The number of carbonyl (C=O) groups excluding carboxylic acids is 1. The first kappa shape index (κ1) is 12.6. The van der Waals surface area contributed by atoms with Gasteiger partial charge in [0.25, 0.3) is 11.6 Å². The zero-order chi connectivity index (χ0) is 12.1. The molecule has 0 fully saturated rings. The second-order valence-electron chi connectivity index (χ2n) is 2.88. The van der Waals surface area contributed by atoms with E-state index in [9.17, 15) is 14.9 Å². The third kappa shape index (κ3) is 2.77. The molecule has 1 aromatic carbocycles. The summed E-state index contributed by atoms with van der Waals surface area (Å²) >= 11 is 3.01. The molecule has 16 heavy (non-hydrogen) atoms. The molecular formula is C9H9BrN2O4. The third-order valence-electron chi connectivity index (χ3n) is 1.82. The van der Waals surface area contributed by atoms with Crippen LogP contribution in [-0.2, 0) is 0 Å². The zero-order valence-corrected chi connectivity index (χ0v) is 9.73. The first-order valence-corrected chi connectivity index (χ1v) is 5.19. The molecule has 1 amide bonds. The lowest BCUT2D eigenvalue weighted by Gasteiger charge is -2.05. The summed E-state index contributed by atoms with van der Waals surface area (Å²) in [6, 6.07) is 4.19. The van der Waals surface area contributed by atoms with Crippen molar-refractivity contribution in [3.63, 3.8) is 0 Å². The number of hydrogen-bond donors (Lipinski definition) is 2. The van der Waals surface area contributed by atoms with Crippen LogP contribution in [-0.4, -0.2) is 29.1 Å². The Morgan fingerprint density at radius 2 is 2.25 bits per heavy atom. The van der Waals surface area contributed by atoms with Gasteiger partial charge in [-0.25, -0.2) is 0 Å². The molecule has 0 saturated heterocycles. The highest BCUT2D eigenvalue weighted by atomic mass is 79.9. The highest BCUT2D eigenvalue weighted by Crippen LogP contribution is 2.27. The number of amides is 1. The Balaban J connectivity index is 3.01. The van der Waals surface area contributed by atoms with Gasteiger partial charge < -0.3 is 10.4 Å². The van der Waals surface area contributed by atoms with E-state index in [1.165, 1.54) is 18.2 Å². The van der Waals surface area contributed by atoms with Gasteiger partial charge >= 0.3 is 0 Å². The molecule has 86 valence electrons. The molecule has 7 heteroatoms. The number of benzene rings is 1. The maximum absolute atomic E-state index is 11.5. The predicted molar refractivity (Wildman–Crippen MR) is 60.2 cm³/mol. The van der Waals surface area contributed by atoms with Crippen LogP contribution >= 0.6 is 15.9 Å². The van der Waals surface area contributed by atoms with Gasteiger partial charge in [-0.05, 0) is 22.0 Å². The second-order valence-corrected chi connectivity index (χ2v) is 3.67. The first-order valence-electron chi connectivity index (χ1n) is 4.40. The van der Waals surface area contributed by atoms with Crippen molar-refractivity contribution in [1.82, 2.24) is 5.32 Å². The van der Waals surface area contributed by atoms with E-state index in [1.807, 2.05) is 0 Å². The summed E-state index contributed by atoms with van der Waals surface area (Å²) in [5.41, 5.74) is -0.000650. The van der Waals surface area contributed by atoms with Crippen molar-refractivity contribution in [2.45, 2.75) is 0 Å². The molecule has 0 atom stereocenters. The van der Waals surface area contributed by atoms with E-state index >= 15 is 0 Å². The van der Waals surface area contributed by atoms with E-state index in [0.717, 1.165) is 0 Å². The van der Waals surface area contributed by atoms with Gasteiger partial charge in [0.1, 0.15) is 4.47 Å². The van der Waals surface area contributed by atoms with Crippen molar-refractivity contribution in [3.05, 3.63) is 38.3 Å². The fraction of sp³-hybridized carbons (Fsp3) is 0.222. The highest BCUT2D eigenvalue weighted by Gasteiger charge is 2.18. The molecule has 0 saturated carbocycles. The number of nitro groups is 1. The number of nitrogens with one attached hydrogen (secondary N) is 1. The summed E-state index contributed by atoms with van der Waals surface area (Å²) in [4.78, 5) is 21.6. The molecule has 0 spiro atoms. The monoisotopic (exact) mass is 288 g/mol. The van der Waals surface area contributed by atoms with Crippen molar-refractivity contribution in [2.24, 2.45) is 0 Å². The number of nitro benzene ring substituents is 1. The van der Waals surface area contributed by atoms with Gasteiger partial charge in [-0.1, -0.05) is 6.07 Å². The summed E-state index contributed by atoms with van der Waals surface area (Å²) in [5, 5.41) is 21.6. The second kappa shape index (κ2) is 5.57. The predicted octanol–water partition coefficient (Wildman–Crippen LogP) is 1.08. The maximum Gasteiger partial charge on any atom is 0.284 e. The van der Waals surface area contributed by atoms with Crippen molar-refractivity contribution in [1.29, 1.82) is 0 Å². The van der Waals surface area contributed by atoms with E-state index in [4.69, 9.17) is 5.11 Å². The van der Waals surface area contributed by atoms with Crippen LogP contribution in [0.2, 0.25) is 0 Å². The molecule has 0 aliphatic carbocycles. The lowest BCUT2D eigenvalue weighted by atomic mass is 10.2. The molecule has 2 N–H and O–H groups in total. The average Bonchev–Trinajstić information content (AvgIpc) is 2.25. The smallest absolute Gasteiger partial charge is 0.284 e. The Hall–Kier alpha value is -1.47. The first-order chi connectivity index (χ1) is 7.57. The lowest BCUT2D eigenvalue weighted by molar-refractivity contribution is -0.385. The minimum absolute atomic E-state index is 0.105. The topological polar surface area (TPSA) is 92.5 Å². The van der Waals surface area contributed by atoms with Crippen LogP contribution in [0.5, 0.6) is 0 Å². The zero-order valence-electron chi connectivity index (χ0n) is 8.14. The summed E-state index contributed by atoms with van der Waals surface area (Å²) < 4.78 is 0.135. The quantitative estimate of drug-likeness (QED) is 0.640. The molecule has 0 aromatic heterocycles. The molecule has 0 aliphatic rings. The van der Waals surface area contributed by atoms with Gasteiger partial charge in [0, 0.05) is 12.6 Å². The molecule has 0 bridgehead atoms. The molecule has 6 nitrogen and oxygen atoms in total. The highest BCUT2D eigenvalue weighted by molar-refractivity contribution is 9.10.